The van der Waals surface area contributed by atoms with E-state index < -0.39 is 35.4 Å². The van der Waals surface area contributed by atoms with Crippen LogP contribution in [-0.2, 0) is 19.1 Å². The molecule has 1 saturated heterocycles. The van der Waals surface area contributed by atoms with Gasteiger partial charge in [0.2, 0.25) is 5.91 Å². The lowest BCUT2D eigenvalue weighted by Crippen LogP contribution is -2.56. The molecule has 0 spiro atoms. The molecule has 1 N–H and O–H groups in total. The van der Waals surface area contributed by atoms with E-state index in [4.69, 9.17) is 9.47 Å². The van der Waals surface area contributed by atoms with Crippen LogP contribution >= 0.6 is 0 Å². The van der Waals surface area contributed by atoms with E-state index in [2.05, 4.69) is 15.3 Å². The Morgan fingerprint density at radius 1 is 1.03 bits per heavy atom. The van der Waals surface area contributed by atoms with Gasteiger partial charge in [0.1, 0.15) is 23.2 Å². The van der Waals surface area contributed by atoms with Crippen molar-refractivity contribution in [3.05, 3.63) is 47.5 Å². The van der Waals surface area contributed by atoms with E-state index in [1.165, 1.54) is 47.2 Å². The second-order valence-electron chi connectivity index (χ2n) is 10.2. The first-order valence-corrected chi connectivity index (χ1v) is 12.6. The van der Waals surface area contributed by atoms with Crippen LogP contribution in [0, 0.1) is 12.7 Å². The lowest BCUT2D eigenvalue weighted by atomic mass is 10.1. The van der Waals surface area contributed by atoms with E-state index in [1.54, 1.807) is 27.7 Å². The fraction of sp³-hybridized carbons (Fsp3) is 0.481. The minimum atomic E-state index is -1.04. The molecule has 0 aliphatic carbocycles. The number of hydrogen-bond donors (Lipinski definition) is 1. The summed E-state index contributed by atoms with van der Waals surface area (Å²) in [6, 6.07) is 5.99. The summed E-state index contributed by atoms with van der Waals surface area (Å²) in [5.74, 6) is -1.69. The molecule has 210 valence electrons. The highest BCUT2D eigenvalue weighted by Crippen LogP contribution is 2.18. The molecule has 1 atom stereocenters. The topological polar surface area (TPSA) is 131 Å². The summed E-state index contributed by atoms with van der Waals surface area (Å²) in [6.45, 7) is 7.96. The van der Waals surface area contributed by atoms with Gasteiger partial charge in [-0.05, 0) is 64.4 Å². The van der Waals surface area contributed by atoms with Crippen molar-refractivity contribution in [3.8, 4) is 11.4 Å². The average Bonchev–Trinajstić information content (AvgIpc) is 2.89. The first-order valence-electron chi connectivity index (χ1n) is 12.6. The van der Waals surface area contributed by atoms with E-state index in [-0.39, 0.29) is 56.4 Å². The lowest BCUT2D eigenvalue weighted by molar-refractivity contribution is -0.155. The number of carbonyl (C=O) groups excluding carboxylic acids is 4. The molecule has 0 radical (unpaired) electrons. The molecule has 0 saturated carbocycles. The second kappa shape index (κ2) is 12.6. The van der Waals surface area contributed by atoms with Gasteiger partial charge < -0.3 is 24.6 Å². The largest absolute Gasteiger partial charge is 0.460 e. The summed E-state index contributed by atoms with van der Waals surface area (Å²) in [5.41, 5.74) is 0.354. The summed E-state index contributed by atoms with van der Waals surface area (Å²) < 4.78 is 23.5. The normalized spacial score (nSPS) is 14.4. The number of aromatic nitrogens is 2. The third-order valence-electron chi connectivity index (χ3n) is 5.87. The Balaban J connectivity index is 1.78. The van der Waals surface area contributed by atoms with Crippen LogP contribution in [0.1, 0.15) is 49.8 Å². The number of nitrogens with one attached hydrogen (secondary N) is 1. The first-order chi connectivity index (χ1) is 18.4. The van der Waals surface area contributed by atoms with Crippen molar-refractivity contribution in [1.29, 1.82) is 0 Å². The van der Waals surface area contributed by atoms with Crippen molar-refractivity contribution in [2.75, 3.05) is 33.3 Å². The molecule has 0 bridgehead atoms. The highest BCUT2D eigenvalue weighted by Gasteiger charge is 2.31. The van der Waals surface area contributed by atoms with Crippen LogP contribution in [-0.4, -0.2) is 88.6 Å². The Kier molecular flexibility index (Phi) is 9.55. The molecule has 1 fully saturated rings. The minimum absolute atomic E-state index is 0.00554. The highest BCUT2D eigenvalue weighted by molar-refractivity contribution is 5.96. The number of aryl methyl sites for hydroxylation is 1. The number of benzene rings is 1. The van der Waals surface area contributed by atoms with Crippen LogP contribution in [0.5, 0.6) is 0 Å². The van der Waals surface area contributed by atoms with E-state index in [9.17, 15) is 23.6 Å². The lowest BCUT2D eigenvalue weighted by Gasteiger charge is -2.35. The van der Waals surface area contributed by atoms with Crippen LogP contribution in [0.25, 0.3) is 11.4 Å². The Bertz CT molecular complexity index is 1210. The summed E-state index contributed by atoms with van der Waals surface area (Å²) in [4.78, 5) is 62.6. The van der Waals surface area contributed by atoms with Gasteiger partial charge in [0.15, 0.2) is 5.82 Å². The molecule has 1 aromatic carbocycles. The average molecular weight is 544 g/mol. The highest BCUT2D eigenvalue weighted by atomic mass is 19.1. The number of carbonyl (C=O) groups is 4. The third-order valence-corrected chi connectivity index (χ3v) is 5.87. The summed E-state index contributed by atoms with van der Waals surface area (Å²) >= 11 is 0. The Morgan fingerprint density at radius 3 is 2.23 bits per heavy atom. The SMILES string of the molecule is COC(=O)N1CCN(C(=O)[C@H](CCC(=O)OC(C)(C)C)NC(=O)c2cc(C)nc(-c3ccc(F)cc3)n2)CC1. The molecule has 3 rings (SSSR count). The predicted octanol–water partition coefficient (Wildman–Crippen LogP) is 2.72. The van der Waals surface area contributed by atoms with Crippen molar-refractivity contribution >= 4 is 23.9 Å². The molecule has 12 heteroatoms. The van der Waals surface area contributed by atoms with Gasteiger partial charge >= 0.3 is 12.1 Å². The maximum atomic E-state index is 13.5. The van der Waals surface area contributed by atoms with Crippen LogP contribution < -0.4 is 5.32 Å². The zero-order valence-corrected chi connectivity index (χ0v) is 22.8. The summed E-state index contributed by atoms with van der Waals surface area (Å²) in [7, 11) is 1.29. The monoisotopic (exact) mass is 543 g/mol. The van der Waals surface area contributed by atoms with E-state index in [0.29, 0.717) is 11.3 Å². The number of nitrogens with zero attached hydrogens (tertiary/aromatic N) is 4. The van der Waals surface area contributed by atoms with Gasteiger partial charge in [0.25, 0.3) is 5.91 Å². The van der Waals surface area contributed by atoms with Gasteiger partial charge in [-0.25, -0.2) is 19.2 Å². The van der Waals surface area contributed by atoms with Crippen LogP contribution in [0.4, 0.5) is 9.18 Å². The summed E-state index contributed by atoms with van der Waals surface area (Å²) in [5, 5.41) is 2.72. The van der Waals surface area contributed by atoms with Crippen molar-refractivity contribution in [1.82, 2.24) is 25.1 Å². The smallest absolute Gasteiger partial charge is 0.409 e. The fourth-order valence-electron chi connectivity index (χ4n) is 4.02. The summed E-state index contributed by atoms with van der Waals surface area (Å²) in [6.07, 6.45) is -0.571. The number of ether oxygens (including phenoxy) is 2. The zero-order chi connectivity index (χ0) is 28.7. The molecule has 0 unspecified atom stereocenters. The van der Waals surface area contributed by atoms with Crippen molar-refractivity contribution in [3.63, 3.8) is 0 Å². The third kappa shape index (κ3) is 8.45. The van der Waals surface area contributed by atoms with Gasteiger partial charge in [0.05, 0.1) is 7.11 Å². The fourth-order valence-corrected chi connectivity index (χ4v) is 4.02. The number of methoxy groups -OCH3 is 1. The number of rotatable bonds is 7. The predicted molar refractivity (Wildman–Crippen MR) is 139 cm³/mol. The zero-order valence-electron chi connectivity index (χ0n) is 22.8. The Hall–Kier alpha value is -4.09. The van der Waals surface area contributed by atoms with Crippen LogP contribution in [0.15, 0.2) is 30.3 Å². The molecule has 2 aromatic rings. The Morgan fingerprint density at radius 2 is 1.64 bits per heavy atom. The molecule has 2 heterocycles. The molecule has 1 aliphatic heterocycles. The van der Waals surface area contributed by atoms with Crippen LogP contribution in [0.2, 0.25) is 0 Å². The minimum Gasteiger partial charge on any atom is -0.460 e. The van der Waals surface area contributed by atoms with Crippen molar-refractivity contribution in [2.24, 2.45) is 0 Å². The van der Waals surface area contributed by atoms with Gasteiger partial charge in [-0.3, -0.25) is 14.4 Å². The van der Waals surface area contributed by atoms with Crippen molar-refractivity contribution in [2.45, 2.75) is 52.2 Å². The first kappa shape index (κ1) is 29.5. The molecule has 11 nitrogen and oxygen atoms in total. The quantitative estimate of drug-likeness (QED) is 0.528. The maximum absolute atomic E-state index is 13.5. The van der Waals surface area contributed by atoms with E-state index >= 15 is 0 Å². The molecule has 39 heavy (non-hydrogen) atoms. The van der Waals surface area contributed by atoms with Crippen LogP contribution in [0.3, 0.4) is 0 Å². The number of hydrogen-bond acceptors (Lipinski definition) is 8. The molecular weight excluding hydrogens is 509 g/mol. The number of amides is 3. The van der Waals surface area contributed by atoms with E-state index in [0.717, 1.165) is 0 Å². The molecule has 1 aliphatic rings. The molecule has 1 aromatic heterocycles. The number of esters is 1. The van der Waals surface area contributed by atoms with Gasteiger partial charge in [-0.2, -0.15) is 0 Å². The van der Waals surface area contributed by atoms with Crippen molar-refractivity contribution < 1.29 is 33.0 Å². The number of piperazine rings is 1. The van der Waals surface area contributed by atoms with E-state index in [1.807, 2.05) is 0 Å². The molecule has 3 amide bonds. The standard InChI is InChI=1S/C27H34FN5O6/c1-17-16-21(30-23(29-17)18-6-8-19(28)9-7-18)24(35)31-20(10-11-22(34)39-27(2,3)4)25(36)32-12-14-33(15-13-32)26(37)38-5/h6-9,16,20H,10-15H2,1-5H3,(H,31,35)/t20-/m0/s1. The second-order valence-corrected chi connectivity index (χ2v) is 10.2. The van der Waals surface area contributed by atoms with Gasteiger partial charge in [0, 0.05) is 43.9 Å². The molecular formula is C27H34FN5O6. The van der Waals surface area contributed by atoms with Gasteiger partial charge in [-0.1, -0.05) is 0 Å². The van der Waals surface area contributed by atoms with Gasteiger partial charge in [-0.15, -0.1) is 0 Å². The maximum Gasteiger partial charge on any atom is 0.409 e. The number of halogens is 1. The Labute approximate surface area is 226 Å².